The van der Waals surface area contributed by atoms with Crippen molar-refractivity contribution in [3.8, 4) is 0 Å². The lowest BCUT2D eigenvalue weighted by Crippen LogP contribution is -2.43. The summed E-state index contributed by atoms with van der Waals surface area (Å²) in [5.74, 6) is -0.333. The summed E-state index contributed by atoms with van der Waals surface area (Å²) in [5.41, 5.74) is 2.45. The molecule has 3 aliphatic rings. The van der Waals surface area contributed by atoms with Gasteiger partial charge in [-0.2, -0.15) is 13.2 Å². The highest BCUT2D eigenvalue weighted by molar-refractivity contribution is 5.87. The minimum Gasteiger partial charge on any atom is -0.333 e. The summed E-state index contributed by atoms with van der Waals surface area (Å²) in [6.07, 6.45) is 4.07. The van der Waals surface area contributed by atoms with Crippen molar-refractivity contribution in [1.29, 1.82) is 0 Å². The van der Waals surface area contributed by atoms with Crippen LogP contribution in [-0.2, 0) is 17.8 Å². The minimum absolute atomic E-state index is 0.00590. The predicted molar refractivity (Wildman–Crippen MR) is 135 cm³/mol. The van der Waals surface area contributed by atoms with Gasteiger partial charge in [-0.1, -0.05) is 42.8 Å². The summed E-state index contributed by atoms with van der Waals surface area (Å²) in [4.78, 5) is 33.1. The number of hydrogen-bond acceptors (Lipinski definition) is 3. The molecule has 5 rings (SSSR count). The molecular formula is C29H34F3N3O2. The lowest BCUT2D eigenvalue weighted by molar-refractivity contribution is -0.183. The number of carbonyl (C=O) groups excluding carboxylic acids is 1. The van der Waals surface area contributed by atoms with Gasteiger partial charge in [0, 0.05) is 12.1 Å². The third-order valence-corrected chi connectivity index (χ3v) is 8.52. The van der Waals surface area contributed by atoms with Crippen molar-refractivity contribution in [1.82, 2.24) is 14.5 Å². The number of aryl methyl sites for hydroxylation is 1. The normalized spacial score (nSPS) is 23.5. The van der Waals surface area contributed by atoms with Gasteiger partial charge in [-0.05, 0) is 75.3 Å². The third-order valence-electron chi connectivity index (χ3n) is 8.52. The van der Waals surface area contributed by atoms with E-state index in [2.05, 4.69) is 12.1 Å². The fraction of sp³-hybridized carbons (Fsp3) is 0.552. The maximum atomic E-state index is 13.7. The molecule has 1 atom stereocenters. The number of halogens is 3. The molecule has 0 radical (unpaired) electrons. The van der Waals surface area contributed by atoms with Gasteiger partial charge in [0.25, 0.3) is 5.56 Å². The van der Waals surface area contributed by atoms with E-state index in [1.807, 2.05) is 29.7 Å². The summed E-state index contributed by atoms with van der Waals surface area (Å²) in [6, 6.07) is 10.1. The first-order valence-corrected chi connectivity index (χ1v) is 13.4. The number of amides is 1. The number of nitrogens with zero attached hydrogens (tertiary/aromatic N) is 3. The number of rotatable bonds is 5. The van der Waals surface area contributed by atoms with E-state index >= 15 is 0 Å². The molecule has 2 aromatic rings. The Bertz CT molecular complexity index is 1210. The molecule has 2 aliphatic carbocycles. The number of hydrogen-bond donors (Lipinski definition) is 0. The predicted octanol–water partition coefficient (Wildman–Crippen LogP) is 5.75. The van der Waals surface area contributed by atoms with Crippen molar-refractivity contribution in [2.45, 2.75) is 77.1 Å². The van der Waals surface area contributed by atoms with Crippen LogP contribution in [0.3, 0.4) is 0 Å². The second-order valence-electron chi connectivity index (χ2n) is 10.8. The maximum Gasteiger partial charge on any atom is 0.391 e. The maximum absolute atomic E-state index is 13.7. The molecule has 5 nitrogen and oxygen atoms in total. The molecule has 198 valence electrons. The van der Waals surface area contributed by atoms with Gasteiger partial charge in [0.15, 0.2) is 0 Å². The number of carbonyl (C=O) groups is 1. The van der Waals surface area contributed by atoms with Gasteiger partial charge >= 0.3 is 6.18 Å². The van der Waals surface area contributed by atoms with Gasteiger partial charge < -0.3 is 4.90 Å². The zero-order chi connectivity index (χ0) is 26.2. The molecule has 2 saturated carbocycles. The lowest BCUT2D eigenvalue weighted by atomic mass is 9.77. The van der Waals surface area contributed by atoms with Crippen LogP contribution in [0.5, 0.6) is 0 Å². The van der Waals surface area contributed by atoms with Crippen LogP contribution in [0.2, 0.25) is 0 Å². The highest BCUT2D eigenvalue weighted by atomic mass is 19.4. The van der Waals surface area contributed by atoms with Crippen molar-refractivity contribution in [3.05, 3.63) is 75.5 Å². The van der Waals surface area contributed by atoms with Crippen LogP contribution in [0.15, 0.2) is 47.3 Å². The quantitative estimate of drug-likeness (QED) is 0.479. The van der Waals surface area contributed by atoms with Crippen molar-refractivity contribution >= 4 is 5.91 Å². The summed E-state index contributed by atoms with van der Waals surface area (Å²) < 4.78 is 40.6. The Morgan fingerprint density at radius 2 is 1.78 bits per heavy atom. The van der Waals surface area contributed by atoms with E-state index in [9.17, 15) is 22.8 Å². The van der Waals surface area contributed by atoms with E-state index < -0.39 is 12.1 Å². The molecule has 1 aliphatic heterocycles. The Hall–Kier alpha value is -2.90. The Morgan fingerprint density at radius 1 is 1.08 bits per heavy atom. The van der Waals surface area contributed by atoms with Crippen LogP contribution in [0.4, 0.5) is 13.2 Å². The molecular weight excluding hydrogens is 479 g/mol. The monoisotopic (exact) mass is 513 g/mol. The fourth-order valence-corrected chi connectivity index (χ4v) is 6.14. The zero-order valence-electron chi connectivity index (χ0n) is 21.2. The van der Waals surface area contributed by atoms with Crippen LogP contribution in [0.25, 0.3) is 0 Å². The Labute approximate surface area is 215 Å². The third kappa shape index (κ3) is 5.39. The SMILES string of the molecule is Cc1nc2c(c(=O)n1C(c1ccccc1)C1CCC1)CCN(C(=O)/C=C\[C@H]1CC[C@H](C(F)(F)F)CC1)C2. The van der Waals surface area contributed by atoms with E-state index in [1.54, 1.807) is 11.0 Å². The second-order valence-corrected chi connectivity index (χ2v) is 10.8. The number of aromatic nitrogens is 2. The largest absolute Gasteiger partial charge is 0.391 e. The fourth-order valence-electron chi connectivity index (χ4n) is 6.14. The smallest absolute Gasteiger partial charge is 0.333 e. The molecule has 37 heavy (non-hydrogen) atoms. The van der Waals surface area contributed by atoms with Crippen LogP contribution in [-0.4, -0.2) is 33.1 Å². The van der Waals surface area contributed by atoms with Gasteiger partial charge in [0.05, 0.1) is 24.2 Å². The van der Waals surface area contributed by atoms with Gasteiger partial charge in [-0.15, -0.1) is 0 Å². The van der Waals surface area contributed by atoms with Crippen LogP contribution in [0, 0.1) is 24.7 Å². The molecule has 2 fully saturated rings. The van der Waals surface area contributed by atoms with Crippen LogP contribution < -0.4 is 5.56 Å². The summed E-state index contributed by atoms with van der Waals surface area (Å²) in [6.45, 7) is 2.57. The molecule has 0 spiro atoms. The topological polar surface area (TPSA) is 55.2 Å². The zero-order valence-corrected chi connectivity index (χ0v) is 21.2. The van der Waals surface area contributed by atoms with E-state index in [1.165, 1.54) is 12.5 Å². The molecule has 2 heterocycles. The average Bonchev–Trinajstić information content (AvgIpc) is 2.85. The van der Waals surface area contributed by atoms with Gasteiger partial charge in [0.2, 0.25) is 5.91 Å². The number of fused-ring (bicyclic) bond motifs is 1. The number of benzene rings is 1. The van der Waals surface area contributed by atoms with Crippen molar-refractivity contribution in [2.24, 2.45) is 17.8 Å². The molecule has 1 amide bonds. The molecule has 0 bridgehead atoms. The lowest BCUT2D eigenvalue weighted by Gasteiger charge is -2.37. The Kier molecular flexibility index (Phi) is 7.28. The molecule has 1 aromatic heterocycles. The molecule has 1 aromatic carbocycles. The average molecular weight is 514 g/mol. The highest BCUT2D eigenvalue weighted by Crippen LogP contribution is 2.41. The Morgan fingerprint density at radius 3 is 2.41 bits per heavy atom. The molecule has 8 heteroatoms. The number of alkyl halides is 3. The van der Waals surface area contributed by atoms with Crippen molar-refractivity contribution < 1.29 is 18.0 Å². The first-order chi connectivity index (χ1) is 17.7. The van der Waals surface area contributed by atoms with Gasteiger partial charge in [0.1, 0.15) is 5.82 Å². The minimum atomic E-state index is -4.13. The van der Waals surface area contributed by atoms with Crippen LogP contribution >= 0.6 is 0 Å². The Balaban J connectivity index is 1.30. The number of allylic oxidation sites excluding steroid dienone is 1. The molecule has 1 unspecified atom stereocenters. The van der Waals surface area contributed by atoms with E-state index in [4.69, 9.17) is 4.98 Å². The van der Waals surface area contributed by atoms with Crippen molar-refractivity contribution in [2.75, 3.05) is 6.54 Å². The molecule has 0 saturated heterocycles. The first kappa shape index (κ1) is 25.7. The summed E-state index contributed by atoms with van der Waals surface area (Å²) >= 11 is 0. The van der Waals surface area contributed by atoms with E-state index in [0.29, 0.717) is 48.8 Å². The van der Waals surface area contributed by atoms with Crippen molar-refractivity contribution in [3.63, 3.8) is 0 Å². The van der Waals surface area contributed by atoms with Crippen LogP contribution in [0.1, 0.15) is 73.6 Å². The highest BCUT2D eigenvalue weighted by Gasteiger charge is 2.41. The van der Waals surface area contributed by atoms with E-state index in [-0.39, 0.29) is 42.8 Å². The van der Waals surface area contributed by atoms with Gasteiger partial charge in [-0.3, -0.25) is 14.2 Å². The van der Waals surface area contributed by atoms with E-state index in [0.717, 1.165) is 18.4 Å². The first-order valence-electron chi connectivity index (χ1n) is 13.4. The summed E-state index contributed by atoms with van der Waals surface area (Å²) in [7, 11) is 0. The second kappa shape index (κ2) is 10.5. The standard InChI is InChI=1S/C29H34F3N3O2/c1-19-33-25-18-34(26(36)15-12-20-10-13-23(14-11-20)29(30,31)32)17-16-24(25)28(37)35(19)27(22-8-5-9-22)21-6-3-2-4-7-21/h2-4,6-7,12,15,20,22-23,27H,5,8-11,13-14,16-18H2,1H3/b15-12-/t20-,23-,27?. The summed E-state index contributed by atoms with van der Waals surface area (Å²) in [5, 5.41) is 0. The van der Waals surface area contributed by atoms with Gasteiger partial charge in [-0.25, -0.2) is 4.98 Å². The molecule has 0 N–H and O–H groups in total.